The molecule has 3 aliphatic rings. The lowest BCUT2D eigenvalue weighted by Crippen LogP contribution is -2.25. The van der Waals surface area contributed by atoms with Crippen LogP contribution in [-0.4, -0.2) is 12.9 Å². The first kappa shape index (κ1) is 16.5. The fourth-order valence-corrected chi connectivity index (χ4v) is 4.98. The number of hydrogen-bond donors (Lipinski definition) is 0. The van der Waals surface area contributed by atoms with E-state index in [0.29, 0.717) is 17.6 Å². The van der Waals surface area contributed by atoms with Crippen molar-refractivity contribution in [2.24, 2.45) is 23.2 Å². The molecule has 23 heavy (non-hydrogen) atoms. The zero-order valence-electron chi connectivity index (χ0n) is 14.6. The van der Waals surface area contributed by atoms with E-state index in [0.717, 1.165) is 57.1 Å². The van der Waals surface area contributed by atoms with Gasteiger partial charge in [-0.1, -0.05) is 24.6 Å². The Kier molecular flexibility index (Phi) is 4.79. The smallest absolute Gasteiger partial charge is 0.136 e. The molecule has 0 spiro atoms. The highest BCUT2D eigenvalue weighted by Gasteiger charge is 2.42. The minimum atomic E-state index is 0.239. The largest absolute Gasteiger partial charge is 0.501 e. The van der Waals surface area contributed by atoms with Crippen molar-refractivity contribution >= 4 is 5.78 Å². The molecule has 0 radical (unpaired) electrons. The maximum Gasteiger partial charge on any atom is 0.136 e. The van der Waals surface area contributed by atoms with Gasteiger partial charge < -0.3 is 4.74 Å². The third-order valence-electron chi connectivity index (χ3n) is 6.57. The summed E-state index contributed by atoms with van der Waals surface area (Å²) >= 11 is 0. The van der Waals surface area contributed by atoms with Crippen LogP contribution in [0.3, 0.4) is 0 Å². The fourth-order valence-electron chi connectivity index (χ4n) is 4.98. The zero-order valence-corrected chi connectivity index (χ0v) is 14.6. The lowest BCUT2D eigenvalue weighted by molar-refractivity contribution is -0.121. The molecular formula is C21H30O2. The van der Waals surface area contributed by atoms with Crippen LogP contribution in [0.4, 0.5) is 0 Å². The van der Waals surface area contributed by atoms with Gasteiger partial charge in [0.25, 0.3) is 0 Å². The van der Waals surface area contributed by atoms with E-state index in [9.17, 15) is 4.79 Å². The van der Waals surface area contributed by atoms with Crippen LogP contribution < -0.4 is 0 Å². The number of rotatable bonds is 4. The minimum absolute atomic E-state index is 0.239. The van der Waals surface area contributed by atoms with Crippen LogP contribution in [0.25, 0.3) is 0 Å². The molecule has 2 heteroatoms. The Balaban J connectivity index is 1.83. The molecule has 0 aromatic carbocycles. The molecule has 3 aliphatic carbocycles. The number of carbonyl (C=O) groups excluding carboxylic acids is 1. The molecule has 0 saturated heterocycles. The highest BCUT2D eigenvalue weighted by molar-refractivity contribution is 5.83. The Morgan fingerprint density at radius 3 is 2.87 bits per heavy atom. The number of ether oxygens (including phenoxy) is 1. The average molecular weight is 314 g/mol. The number of allylic oxidation sites excluding steroid dienone is 5. The van der Waals surface area contributed by atoms with Crippen molar-refractivity contribution < 1.29 is 9.53 Å². The van der Waals surface area contributed by atoms with Gasteiger partial charge in [0.1, 0.15) is 5.78 Å². The molecule has 3 rings (SSSR count). The van der Waals surface area contributed by atoms with Crippen LogP contribution in [-0.2, 0) is 9.53 Å². The van der Waals surface area contributed by atoms with E-state index in [4.69, 9.17) is 4.74 Å². The molecule has 3 unspecified atom stereocenters. The van der Waals surface area contributed by atoms with Crippen LogP contribution in [0.2, 0.25) is 0 Å². The van der Waals surface area contributed by atoms with Gasteiger partial charge in [0.15, 0.2) is 0 Å². The maximum atomic E-state index is 12.3. The molecule has 126 valence electrons. The second-order valence-electron chi connectivity index (χ2n) is 7.87. The summed E-state index contributed by atoms with van der Waals surface area (Å²) in [7, 11) is 1.77. The van der Waals surface area contributed by atoms with Crippen LogP contribution in [0.15, 0.2) is 36.1 Å². The van der Waals surface area contributed by atoms with Gasteiger partial charge in [-0.15, -0.1) is 6.58 Å². The lowest BCUT2D eigenvalue weighted by atomic mass is 9.69. The van der Waals surface area contributed by atoms with Crippen molar-refractivity contribution in [3.8, 4) is 0 Å². The van der Waals surface area contributed by atoms with Crippen LogP contribution in [0.5, 0.6) is 0 Å². The van der Waals surface area contributed by atoms with Crippen LogP contribution in [0.1, 0.15) is 58.3 Å². The van der Waals surface area contributed by atoms with E-state index < -0.39 is 0 Å². The number of ketones is 1. The molecule has 0 aromatic rings. The second kappa shape index (κ2) is 6.67. The predicted molar refractivity (Wildman–Crippen MR) is 93.9 cm³/mol. The standard InChI is InChI=1S/C21H30O2/c1-4-5-15-14-16(6-7-19-18(15)8-9-20(19)22)21(2)12-10-17(23-3)11-13-21/h4,6,10,15,18-19H,1,5,7-9,11-14H2,2-3H3/t15?,18?,19?,21-/m1/s1. The first-order chi connectivity index (χ1) is 11.1. The van der Waals surface area contributed by atoms with E-state index in [1.807, 2.05) is 0 Å². The van der Waals surface area contributed by atoms with Gasteiger partial charge in [0, 0.05) is 18.8 Å². The van der Waals surface area contributed by atoms with Gasteiger partial charge in [-0.3, -0.25) is 4.79 Å². The van der Waals surface area contributed by atoms with E-state index in [-0.39, 0.29) is 11.3 Å². The summed E-state index contributed by atoms with van der Waals surface area (Å²) in [5, 5.41) is 0. The fraction of sp³-hybridized carbons (Fsp3) is 0.667. The third kappa shape index (κ3) is 3.18. The molecule has 0 aliphatic heterocycles. The van der Waals surface area contributed by atoms with Crippen molar-refractivity contribution in [2.75, 3.05) is 7.11 Å². The summed E-state index contributed by atoms with van der Waals surface area (Å²) < 4.78 is 5.41. The molecule has 4 atom stereocenters. The highest BCUT2D eigenvalue weighted by atomic mass is 16.5. The van der Waals surface area contributed by atoms with Crippen molar-refractivity contribution in [3.05, 3.63) is 36.1 Å². The Hall–Kier alpha value is -1.31. The van der Waals surface area contributed by atoms with Crippen molar-refractivity contribution in [2.45, 2.75) is 58.3 Å². The van der Waals surface area contributed by atoms with E-state index >= 15 is 0 Å². The van der Waals surface area contributed by atoms with Crippen LogP contribution in [0, 0.1) is 23.2 Å². The first-order valence-corrected chi connectivity index (χ1v) is 9.13. The molecule has 0 bridgehead atoms. The van der Waals surface area contributed by atoms with Gasteiger partial charge in [-0.05, 0) is 61.9 Å². The SMILES string of the molecule is C=CCC1CC([C@]2(C)CC=C(OC)CC2)=CCC2C(=O)CCC12. The maximum absolute atomic E-state index is 12.3. The molecule has 0 aromatic heterocycles. The Morgan fingerprint density at radius 1 is 1.39 bits per heavy atom. The van der Waals surface area contributed by atoms with Gasteiger partial charge in [0.2, 0.25) is 0 Å². The monoisotopic (exact) mass is 314 g/mol. The summed E-state index contributed by atoms with van der Waals surface area (Å²) in [4.78, 5) is 12.3. The molecule has 0 amide bonds. The normalized spacial score (nSPS) is 37.5. The number of Topliss-reactive ketones (excluding diaryl/α,β-unsaturated/α-hetero) is 1. The molecular weight excluding hydrogens is 284 g/mol. The minimum Gasteiger partial charge on any atom is -0.501 e. The van der Waals surface area contributed by atoms with Gasteiger partial charge in [-0.2, -0.15) is 0 Å². The van der Waals surface area contributed by atoms with Crippen molar-refractivity contribution in [1.29, 1.82) is 0 Å². The van der Waals surface area contributed by atoms with Gasteiger partial charge >= 0.3 is 0 Å². The van der Waals surface area contributed by atoms with Crippen LogP contribution >= 0.6 is 0 Å². The predicted octanol–water partition coefficient (Wildman–Crippen LogP) is 5.21. The summed E-state index contributed by atoms with van der Waals surface area (Å²) in [6.07, 6.45) is 15.0. The summed E-state index contributed by atoms with van der Waals surface area (Å²) in [5.74, 6) is 3.08. The number of hydrogen-bond acceptors (Lipinski definition) is 2. The van der Waals surface area contributed by atoms with Crippen molar-refractivity contribution in [3.63, 3.8) is 0 Å². The lowest BCUT2D eigenvalue weighted by Gasteiger charge is -2.37. The molecule has 1 fully saturated rings. The first-order valence-electron chi connectivity index (χ1n) is 9.13. The van der Waals surface area contributed by atoms with Gasteiger partial charge in [-0.25, -0.2) is 0 Å². The molecule has 1 saturated carbocycles. The van der Waals surface area contributed by atoms with Gasteiger partial charge in [0.05, 0.1) is 12.9 Å². The van der Waals surface area contributed by atoms with E-state index in [1.54, 1.807) is 12.7 Å². The average Bonchev–Trinajstić information content (AvgIpc) is 2.81. The molecule has 0 heterocycles. The number of carbonyl (C=O) groups is 1. The summed E-state index contributed by atoms with van der Waals surface area (Å²) in [6, 6.07) is 0. The highest BCUT2D eigenvalue weighted by Crippen LogP contribution is 2.50. The molecule has 0 N–H and O–H groups in total. The number of fused-ring (bicyclic) bond motifs is 1. The third-order valence-corrected chi connectivity index (χ3v) is 6.57. The molecule has 2 nitrogen and oxygen atoms in total. The number of methoxy groups -OCH3 is 1. The van der Waals surface area contributed by atoms with E-state index in [1.165, 1.54) is 0 Å². The Labute approximate surface area is 140 Å². The van der Waals surface area contributed by atoms with Crippen molar-refractivity contribution in [1.82, 2.24) is 0 Å². The second-order valence-corrected chi connectivity index (χ2v) is 7.87. The summed E-state index contributed by atoms with van der Waals surface area (Å²) in [5.41, 5.74) is 1.82. The van der Waals surface area contributed by atoms with E-state index in [2.05, 4.69) is 31.7 Å². The Bertz CT molecular complexity index is 542. The Morgan fingerprint density at radius 2 is 2.22 bits per heavy atom. The topological polar surface area (TPSA) is 26.3 Å². The zero-order chi connectivity index (χ0) is 16.4. The summed E-state index contributed by atoms with van der Waals surface area (Å²) in [6.45, 7) is 6.36. The quantitative estimate of drug-likeness (QED) is 0.665.